The fourth-order valence-corrected chi connectivity index (χ4v) is 2.33. The monoisotopic (exact) mass is 349 g/mol. The Morgan fingerprint density at radius 3 is 2.90 bits per heavy atom. The molecule has 1 aromatic carbocycles. The zero-order valence-corrected chi connectivity index (χ0v) is 12.7. The number of ether oxygens (including phenoxy) is 1. The number of carbonyl (C=O) groups is 2. The number of hydrogen-bond donors (Lipinski definition) is 3. The van der Waals surface area contributed by atoms with Crippen LogP contribution in [0.25, 0.3) is 0 Å². The Bertz CT molecular complexity index is 726. The molecular formula is C14H12BrN3O3. The molecule has 21 heavy (non-hydrogen) atoms. The Morgan fingerprint density at radius 1 is 1.38 bits per heavy atom. The zero-order valence-electron chi connectivity index (χ0n) is 11.1. The Balaban J connectivity index is 1.80. The van der Waals surface area contributed by atoms with Crippen LogP contribution >= 0.6 is 15.9 Å². The Hall–Kier alpha value is -2.28. The topological polar surface area (TPSA) is 83.2 Å². The van der Waals surface area contributed by atoms with Crippen molar-refractivity contribution in [3.8, 4) is 5.75 Å². The first-order valence-corrected chi connectivity index (χ1v) is 7.09. The Kier molecular flexibility index (Phi) is 3.42. The van der Waals surface area contributed by atoms with Crippen molar-refractivity contribution in [2.24, 2.45) is 0 Å². The van der Waals surface area contributed by atoms with Gasteiger partial charge in [-0.15, -0.1) is 0 Å². The third-order valence-corrected chi connectivity index (χ3v) is 3.52. The van der Waals surface area contributed by atoms with Gasteiger partial charge in [-0.05, 0) is 47.1 Å². The molecule has 1 aliphatic heterocycles. The van der Waals surface area contributed by atoms with Gasteiger partial charge in [0.1, 0.15) is 11.4 Å². The lowest BCUT2D eigenvalue weighted by Crippen LogP contribution is -2.34. The van der Waals surface area contributed by atoms with Crippen molar-refractivity contribution in [3.63, 3.8) is 0 Å². The average Bonchev–Trinajstić information content (AvgIpc) is 2.87. The molecule has 6 nitrogen and oxygen atoms in total. The minimum Gasteiger partial charge on any atom is -0.479 e. The van der Waals surface area contributed by atoms with E-state index in [4.69, 9.17) is 4.74 Å². The highest BCUT2D eigenvalue weighted by Gasteiger charge is 2.23. The highest BCUT2D eigenvalue weighted by atomic mass is 79.9. The van der Waals surface area contributed by atoms with Crippen LogP contribution in [-0.2, 0) is 4.79 Å². The second kappa shape index (κ2) is 5.25. The zero-order chi connectivity index (χ0) is 15.0. The van der Waals surface area contributed by atoms with E-state index in [-0.39, 0.29) is 11.8 Å². The van der Waals surface area contributed by atoms with Crippen molar-refractivity contribution in [3.05, 3.63) is 40.6 Å². The molecule has 1 atom stereocenters. The summed E-state index contributed by atoms with van der Waals surface area (Å²) in [5, 5.41) is 5.49. The van der Waals surface area contributed by atoms with E-state index in [1.807, 2.05) is 0 Å². The molecule has 1 aliphatic rings. The number of hydrogen-bond acceptors (Lipinski definition) is 3. The van der Waals surface area contributed by atoms with E-state index in [1.165, 1.54) is 0 Å². The predicted octanol–water partition coefficient (Wildman–Crippen LogP) is 2.75. The SMILES string of the molecule is CC1Oc2ccc(NC(=O)c3cc(Br)c[nH]3)cc2NC1=O. The third kappa shape index (κ3) is 2.78. The van der Waals surface area contributed by atoms with Crippen molar-refractivity contribution in [2.45, 2.75) is 13.0 Å². The molecule has 3 N–H and O–H groups in total. The van der Waals surface area contributed by atoms with Crippen LogP contribution in [0.3, 0.4) is 0 Å². The number of fused-ring (bicyclic) bond motifs is 1. The first-order valence-electron chi connectivity index (χ1n) is 6.30. The van der Waals surface area contributed by atoms with Gasteiger partial charge in [0.15, 0.2) is 6.10 Å². The molecule has 3 rings (SSSR count). The molecule has 0 fully saturated rings. The van der Waals surface area contributed by atoms with E-state index in [0.29, 0.717) is 22.8 Å². The fraction of sp³-hybridized carbons (Fsp3) is 0.143. The number of H-pyrrole nitrogens is 1. The molecular weight excluding hydrogens is 338 g/mol. The van der Waals surface area contributed by atoms with E-state index in [2.05, 4.69) is 31.5 Å². The lowest BCUT2D eigenvalue weighted by molar-refractivity contribution is -0.122. The van der Waals surface area contributed by atoms with Gasteiger partial charge in [-0.1, -0.05) is 0 Å². The molecule has 2 amide bonds. The van der Waals surface area contributed by atoms with Crippen LogP contribution in [0.4, 0.5) is 11.4 Å². The van der Waals surface area contributed by atoms with Crippen molar-refractivity contribution in [1.29, 1.82) is 0 Å². The highest BCUT2D eigenvalue weighted by Crippen LogP contribution is 2.32. The lowest BCUT2D eigenvalue weighted by atomic mass is 10.2. The number of benzene rings is 1. The molecule has 108 valence electrons. The second-order valence-corrected chi connectivity index (χ2v) is 5.56. The van der Waals surface area contributed by atoms with Crippen molar-refractivity contribution >= 4 is 39.1 Å². The first-order chi connectivity index (χ1) is 10.0. The van der Waals surface area contributed by atoms with Gasteiger partial charge in [0.2, 0.25) is 0 Å². The maximum Gasteiger partial charge on any atom is 0.272 e. The molecule has 0 aliphatic carbocycles. The maximum absolute atomic E-state index is 12.0. The number of carbonyl (C=O) groups excluding carboxylic acids is 2. The summed E-state index contributed by atoms with van der Waals surface area (Å²) < 4.78 is 6.25. The Labute approximate surface area is 129 Å². The van der Waals surface area contributed by atoms with E-state index in [0.717, 1.165) is 4.47 Å². The molecule has 2 heterocycles. The number of anilines is 2. The highest BCUT2D eigenvalue weighted by molar-refractivity contribution is 9.10. The van der Waals surface area contributed by atoms with E-state index in [1.54, 1.807) is 37.4 Å². The van der Waals surface area contributed by atoms with Crippen molar-refractivity contribution in [1.82, 2.24) is 4.98 Å². The summed E-state index contributed by atoms with van der Waals surface area (Å²) in [4.78, 5) is 26.5. The van der Waals surface area contributed by atoms with Crippen LogP contribution in [0.15, 0.2) is 34.9 Å². The number of rotatable bonds is 2. The van der Waals surface area contributed by atoms with Crippen LogP contribution in [0.5, 0.6) is 5.75 Å². The van der Waals surface area contributed by atoms with Gasteiger partial charge < -0.3 is 20.4 Å². The van der Waals surface area contributed by atoms with Crippen molar-refractivity contribution in [2.75, 3.05) is 10.6 Å². The van der Waals surface area contributed by atoms with Crippen LogP contribution in [0, 0.1) is 0 Å². The summed E-state index contributed by atoms with van der Waals surface area (Å²) in [5.74, 6) is 0.110. The standard InChI is InChI=1S/C14H12BrN3O3/c1-7-13(19)18-10-5-9(2-3-12(10)21-7)17-14(20)11-4-8(15)6-16-11/h2-7,16H,1H3,(H,17,20)(H,18,19). The van der Waals surface area contributed by atoms with Crippen LogP contribution in [-0.4, -0.2) is 22.9 Å². The number of aromatic amines is 1. The molecule has 0 radical (unpaired) electrons. The van der Waals surface area contributed by atoms with Gasteiger partial charge in [0, 0.05) is 16.4 Å². The molecule has 0 saturated heterocycles. The van der Waals surface area contributed by atoms with Gasteiger partial charge in [-0.2, -0.15) is 0 Å². The summed E-state index contributed by atoms with van der Waals surface area (Å²) >= 11 is 3.27. The van der Waals surface area contributed by atoms with E-state index >= 15 is 0 Å². The van der Waals surface area contributed by atoms with Gasteiger partial charge in [-0.3, -0.25) is 9.59 Å². The Morgan fingerprint density at radius 2 is 2.19 bits per heavy atom. The van der Waals surface area contributed by atoms with Crippen LogP contribution in [0.2, 0.25) is 0 Å². The molecule has 1 aromatic heterocycles. The predicted molar refractivity (Wildman–Crippen MR) is 81.6 cm³/mol. The van der Waals surface area contributed by atoms with E-state index in [9.17, 15) is 9.59 Å². The van der Waals surface area contributed by atoms with Gasteiger partial charge in [0.25, 0.3) is 11.8 Å². The average molecular weight is 350 g/mol. The molecule has 2 aromatic rings. The minimum absolute atomic E-state index is 0.209. The summed E-state index contributed by atoms with van der Waals surface area (Å²) in [5.41, 5.74) is 1.56. The molecule has 1 unspecified atom stereocenters. The van der Waals surface area contributed by atoms with Gasteiger partial charge >= 0.3 is 0 Å². The normalized spacial score (nSPS) is 16.7. The number of amides is 2. The fourth-order valence-electron chi connectivity index (χ4n) is 1.98. The quantitative estimate of drug-likeness (QED) is 0.779. The molecule has 0 bridgehead atoms. The van der Waals surface area contributed by atoms with Crippen LogP contribution in [0.1, 0.15) is 17.4 Å². The smallest absolute Gasteiger partial charge is 0.272 e. The first kappa shape index (κ1) is 13.7. The number of halogens is 1. The largest absolute Gasteiger partial charge is 0.479 e. The summed E-state index contributed by atoms with van der Waals surface area (Å²) in [6.45, 7) is 1.68. The number of nitrogens with one attached hydrogen (secondary N) is 3. The van der Waals surface area contributed by atoms with E-state index < -0.39 is 6.10 Å². The molecule has 0 spiro atoms. The minimum atomic E-state index is -0.519. The molecule has 7 heteroatoms. The van der Waals surface area contributed by atoms with Crippen molar-refractivity contribution < 1.29 is 14.3 Å². The number of aromatic nitrogens is 1. The lowest BCUT2D eigenvalue weighted by Gasteiger charge is -2.23. The van der Waals surface area contributed by atoms with Crippen LogP contribution < -0.4 is 15.4 Å². The van der Waals surface area contributed by atoms with Gasteiger partial charge in [-0.25, -0.2) is 0 Å². The summed E-state index contributed by atoms with van der Waals surface area (Å²) in [7, 11) is 0. The second-order valence-electron chi connectivity index (χ2n) is 4.65. The maximum atomic E-state index is 12.0. The molecule has 0 saturated carbocycles. The summed E-state index contributed by atoms with van der Waals surface area (Å²) in [6.07, 6.45) is 1.16. The third-order valence-electron chi connectivity index (χ3n) is 3.06. The summed E-state index contributed by atoms with van der Waals surface area (Å²) in [6, 6.07) is 6.78. The van der Waals surface area contributed by atoms with Gasteiger partial charge in [0.05, 0.1) is 5.69 Å².